The lowest BCUT2D eigenvalue weighted by Crippen LogP contribution is -2.46. The van der Waals surface area contributed by atoms with E-state index in [9.17, 15) is 9.90 Å². The number of rotatable bonds is 3. The molecule has 0 spiro atoms. The largest absolute Gasteiger partial charge is 0.396 e. The van der Waals surface area contributed by atoms with Crippen molar-refractivity contribution in [1.29, 1.82) is 0 Å². The molecule has 1 aromatic heterocycles. The van der Waals surface area contributed by atoms with Gasteiger partial charge in [-0.3, -0.25) is 5.32 Å². The first-order valence-electron chi connectivity index (χ1n) is 6.50. The predicted octanol–water partition coefficient (Wildman–Crippen LogP) is 2.28. The van der Waals surface area contributed by atoms with Crippen LogP contribution in [0.15, 0.2) is 17.5 Å². The molecule has 1 heterocycles. The van der Waals surface area contributed by atoms with Gasteiger partial charge in [0.25, 0.3) is 0 Å². The van der Waals surface area contributed by atoms with Crippen LogP contribution in [0.2, 0.25) is 0 Å². The number of hydrogen-bond donors (Lipinski definition) is 3. The van der Waals surface area contributed by atoms with E-state index in [0.717, 1.165) is 11.4 Å². The van der Waals surface area contributed by atoms with E-state index < -0.39 is 0 Å². The predicted molar refractivity (Wildman–Crippen MR) is 71.7 cm³/mol. The van der Waals surface area contributed by atoms with Crippen molar-refractivity contribution in [3.8, 4) is 0 Å². The minimum atomic E-state index is -0.145. The molecule has 2 bridgehead atoms. The first-order chi connectivity index (χ1) is 8.78. The lowest BCUT2D eigenvalue weighted by molar-refractivity contribution is 0.146. The van der Waals surface area contributed by atoms with E-state index >= 15 is 0 Å². The van der Waals surface area contributed by atoms with Gasteiger partial charge in [0, 0.05) is 18.6 Å². The van der Waals surface area contributed by atoms with Gasteiger partial charge in [0.15, 0.2) is 0 Å². The zero-order chi connectivity index (χ0) is 12.5. The molecule has 3 N–H and O–H groups in total. The van der Waals surface area contributed by atoms with E-state index in [2.05, 4.69) is 10.6 Å². The highest BCUT2D eigenvalue weighted by atomic mass is 32.1. The Hall–Kier alpha value is -1.07. The van der Waals surface area contributed by atoms with Gasteiger partial charge in [-0.15, -0.1) is 11.3 Å². The van der Waals surface area contributed by atoms with E-state index in [1.165, 1.54) is 24.2 Å². The van der Waals surface area contributed by atoms with Crippen molar-refractivity contribution in [2.45, 2.75) is 25.3 Å². The smallest absolute Gasteiger partial charge is 0.320 e. The van der Waals surface area contributed by atoms with E-state index in [-0.39, 0.29) is 24.6 Å². The van der Waals surface area contributed by atoms with Crippen LogP contribution in [-0.4, -0.2) is 23.8 Å². The molecule has 18 heavy (non-hydrogen) atoms. The van der Waals surface area contributed by atoms with Crippen LogP contribution in [0, 0.1) is 17.8 Å². The fourth-order valence-electron chi connectivity index (χ4n) is 3.55. The first kappa shape index (κ1) is 12.0. The highest BCUT2D eigenvalue weighted by Crippen LogP contribution is 2.48. The van der Waals surface area contributed by atoms with Crippen LogP contribution < -0.4 is 10.6 Å². The summed E-state index contributed by atoms with van der Waals surface area (Å²) in [7, 11) is 0. The third-order valence-electron chi connectivity index (χ3n) is 4.35. The summed E-state index contributed by atoms with van der Waals surface area (Å²) in [5.41, 5.74) is 0. The second kappa shape index (κ2) is 4.90. The Labute approximate surface area is 110 Å². The molecular weight excluding hydrogens is 248 g/mol. The number of aliphatic hydroxyl groups excluding tert-OH is 1. The zero-order valence-electron chi connectivity index (χ0n) is 10.1. The topological polar surface area (TPSA) is 61.4 Å². The number of amides is 2. The summed E-state index contributed by atoms with van der Waals surface area (Å²) >= 11 is 1.51. The van der Waals surface area contributed by atoms with Gasteiger partial charge < -0.3 is 10.4 Å². The Morgan fingerprint density at radius 3 is 3.00 bits per heavy atom. The van der Waals surface area contributed by atoms with Crippen molar-refractivity contribution in [2.75, 3.05) is 11.9 Å². The van der Waals surface area contributed by atoms with Gasteiger partial charge in [0.05, 0.1) is 5.00 Å². The van der Waals surface area contributed by atoms with Crippen LogP contribution in [0.3, 0.4) is 0 Å². The molecule has 2 amide bonds. The molecule has 0 saturated heterocycles. The number of carbonyl (C=O) groups excluding carboxylic acids is 1. The van der Waals surface area contributed by atoms with Crippen LogP contribution in [0.1, 0.15) is 19.3 Å². The van der Waals surface area contributed by atoms with E-state index in [1.54, 1.807) is 0 Å². The minimum absolute atomic E-state index is 0.145. The number of carbonyl (C=O) groups is 1. The number of thiophene rings is 1. The highest BCUT2D eigenvalue weighted by molar-refractivity contribution is 7.14. The zero-order valence-corrected chi connectivity index (χ0v) is 11.0. The maximum atomic E-state index is 11.9. The van der Waals surface area contributed by atoms with E-state index in [1.807, 2.05) is 17.5 Å². The Morgan fingerprint density at radius 2 is 2.28 bits per heavy atom. The molecule has 0 aromatic carbocycles. The van der Waals surface area contributed by atoms with Crippen molar-refractivity contribution in [3.05, 3.63) is 17.5 Å². The molecule has 5 heteroatoms. The molecule has 3 rings (SSSR count). The standard InChI is InChI=1S/C13H18N2O2S/c16-7-10-8-3-4-9(6-8)12(10)15-13(17)14-11-2-1-5-18-11/h1-2,5,8-10,12,16H,3-4,6-7H2,(H2,14,15,17)/t8-,9-,10-,12+/m0/s1. The van der Waals surface area contributed by atoms with Gasteiger partial charge in [-0.1, -0.05) is 0 Å². The molecule has 98 valence electrons. The average Bonchev–Trinajstić information content (AvgIpc) is 3.04. The van der Waals surface area contributed by atoms with Gasteiger partial charge in [-0.2, -0.15) is 0 Å². The van der Waals surface area contributed by atoms with Gasteiger partial charge in [0.1, 0.15) is 0 Å². The molecule has 0 radical (unpaired) electrons. The van der Waals surface area contributed by atoms with Crippen molar-refractivity contribution in [2.24, 2.45) is 17.8 Å². The maximum Gasteiger partial charge on any atom is 0.320 e. The number of fused-ring (bicyclic) bond motifs is 2. The Morgan fingerprint density at radius 1 is 1.44 bits per heavy atom. The molecular formula is C13H18N2O2S. The number of aliphatic hydroxyl groups is 1. The van der Waals surface area contributed by atoms with Gasteiger partial charge in [0.2, 0.25) is 0 Å². The normalized spacial score (nSPS) is 33.6. The number of hydrogen-bond acceptors (Lipinski definition) is 3. The lowest BCUT2D eigenvalue weighted by Gasteiger charge is -2.30. The molecule has 1 aromatic rings. The van der Waals surface area contributed by atoms with Crippen LogP contribution >= 0.6 is 11.3 Å². The number of nitrogens with one attached hydrogen (secondary N) is 2. The Kier molecular flexibility index (Phi) is 3.26. The minimum Gasteiger partial charge on any atom is -0.396 e. The maximum absolute atomic E-state index is 11.9. The molecule has 4 atom stereocenters. The summed E-state index contributed by atoms with van der Waals surface area (Å²) in [5.74, 6) is 1.41. The summed E-state index contributed by atoms with van der Waals surface area (Å²) < 4.78 is 0. The van der Waals surface area contributed by atoms with Crippen LogP contribution in [0.5, 0.6) is 0 Å². The Bertz CT molecular complexity index is 421. The third-order valence-corrected chi connectivity index (χ3v) is 5.14. The second-order valence-electron chi connectivity index (χ2n) is 5.28. The van der Waals surface area contributed by atoms with Gasteiger partial charge in [-0.25, -0.2) is 4.79 Å². The van der Waals surface area contributed by atoms with Crippen LogP contribution in [0.4, 0.5) is 9.80 Å². The highest BCUT2D eigenvalue weighted by Gasteiger charge is 2.47. The third kappa shape index (κ3) is 2.12. The molecule has 0 aliphatic heterocycles. The van der Waals surface area contributed by atoms with Crippen molar-refractivity contribution in [3.63, 3.8) is 0 Å². The fourth-order valence-corrected chi connectivity index (χ4v) is 4.16. The quantitative estimate of drug-likeness (QED) is 0.786. The molecule has 2 saturated carbocycles. The summed E-state index contributed by atoms with van der Waals surface area (Å²) in [4.78, 5) is 11.9. The summed E-state index contributed by atoms with van der Waals surface area (Å²) in [5, 5.41) is 18.1. The molecule has 2 aliphatic carbocycles. The van der Waals surface area contributed by atoms with Gasteiger partial charge >= 0.3 is 6.03 Å². The second-order valence-corrected chi connectivity index (χ2v) is 6.23. The molecule has 2 aliphatic rings. The van der Waals surface area contributed by atoms with E-state index in [0.29, 0.717) is 11.8 Å². The number of anilines is 1. The molecule has 4 nitrogen and oxygen atoms in total. The first-order valence-corrected chi connectivity index (χ1v) is 7.38. The average molecular weight is 266 g/mol. The van der Waals surface area contributed by atoms with Gasteiger partial charge in [-0.05, 0) is 48.6 Å². The fraction of sp³-hybridized carbons (Fsp3) is 0.615. The van der Waals surface area contributed by atoms with Crippen LogP contribution in [0.25, 0.3) is 0 Å². The van der Waals surface area contributed by atoms with Crippen molar-refractivity contribution in [1.82, 2.24) is 5.32 Å². The number of urea groups is 1. The SMILES string of the molecule is O=C(Nc1cccs1)N[C@@H]1[C@H]2CC[C@@H](C2)[C@@H]1CO. The molecule has 0 unspecified atom stereocenters. The monoisotopic (exact) mass is 266 g/mol. The lowest BCUT2D eigenvalue weighted by atomic mass is 9.85. The Balaban J connectivity index is 1.60. The summed E-state index contributed by atoms with van der Waals surface area (Å²) in [6.07, 6.45) is 3.56. The summed E-state index contributed by atoms with van der Waals surface area (Å²) in [6.45, 7) is 0.186. The van der Waals surface area contributed by atoms with Crippen molar-refractivity contribution >= 4 is 22.4 Å². The van der Waals surface area contributed by atoms with Crippen molar-refractivity contribution < 1.29 is 9.90 Å². The summed E-state index contributed by atoms with van der Waals surface area (Å²) in [6, 6.07) is 3.80. The molecule has 2 fully saturated rings. The van der Waals surface area contributed by atoms with Crippen LogP contribution in [-0.2, 0) is 0 Å². The van der Waals surface area contributed by atoms with E-state index in [4.69, 9.17) is 0 Å².